The molecule has 0 bridgehead atoms. The minimum Gasteiger partial charge on any atom is -0.387 e. The molecule has 2 aromatic carbocycles. The van der Waals surface area contributed by atoms with E-state index in [0.717, 1.165) is 36.9 Å². The Hall–Kier alpha value is -2.36. The summed E-state index contributed by atoms with van der Waals surface area (Å²) in [5.41, 5.74) is 3.21. The molecular formula is C24H23ClN2O. The maximum absolute atomic E-state index is 11.1. The van der Waals surface area contributed by atoms with Gasteiger partial charge in [0, 0.05) is 5.02 Å². The molecule has 28 heavy (non-hydrogen) atoms. The summed E-state index contributed by atoms with van der Waals surface area (Å²) < 4.78 is 1.95. The predicted molar refractivity (Wildman–Crippen MR) is 114 cm³/mol. The minimum atomic E-state index is -0.524. The second-order valence-corrected chi connectivity index (χ2v) is 8.35. The number of rotatable bonds is 3. The first-order valence-corrected chi connectivity index (χ1v) is 10.4. The Balaban J connectivity index is 1.37. The number of aliphatic hydroxyl groups is 1. The van der Waals surface area contributed by atoms with Crippen molar-refractivity contribution < 1.29 is 5.11 Å². The molecule has 2 aromatic heterocycles. The first-order valence-electron chi connectivity index (χ1n) is 9.98. The van der Waals surface area contributed by atoms with Crippen LogP contribution in [0.5, 0.6) is 0 Å². The van der Waals surface area contributed by atoms with Gasteiger partial charge < -0.3 is 9.51 Å². The van der Waals surface area contributed by atoms with Gasteiger partial charge in [0.25, 0.3) is 0 Å². The van der Waals surface area contributed by atoms with Crippen LogP contribution >= 0.6 is 11.6 Å². The van der Waals surface area contributed by atoms with Crippen LogP contribution in [0.25, 0.3) is 16.3 Å². The third kappa shape index (κ3) is 3.09. The monoisotopic (exact) mass is 390 g/mol. The van der Waals surface area contributed by atoms with Gasteiger partial charge in [-0.05, 0) is 66.0 Å². The molecule has 2 heterocycles. The topological polar surface area (TPSA) is 37.5 Å². The lowest BCUT2D eigenvalue weighted by Crippen LogP contribution is -2.21. The summed E-state index contributed by atoms with van der Waals surface area (Å²) in [6.45, 7) is 0. The largest absolute Gasteiger partial charge is 0.387 e. The Kier molecular flexibility index (Phi) is 4.58. The van der Waals surface area contributed by atoms with Crippen molar-refractivity contribution in [2.24, 2.45) is 5.92 Å². The summed E-state index contributed by atoms with van der Waals surface area (Å²) >= 11 is 6.27. The van der Waals surface area contributed by atoms with Crippen LogP contribution in [0.1, 0.15) is 49.0 Å². The SMILES string of the molecule is OC(c1cc(Cl)cc2cncn12)C1CCC(c2cccc3ccccc23)CC1. The van der Waals surface area contributed by atoms with E-state index in [-0.39, 0.29) is 5.92 Å². The average Bonchev–Trinajstić information content (AvgIpc) is 3.21. The van der Waals surface area contributed by atoms with E-state index < -0.39 is 6.10 Å². The standard InChI is InChI=1S/C24H23ClN2O/c25-19-12-20-14-26-15-27(20)23(13-19)24(28)18-10-8-17(9-11-18)22-7-3-5-16-4-1-2-6-21(16)22/h1-7,12-15,17-18,24,28H,8-11H2. The van der Waals surface area contributed by atoms with E-state index in [1.54, 1.807) is 12.5 Å². The lowest BCUT2D eigenvalue weighted by molar-refractivity contribution is 0.0764. The smallest absolute Gasteiger partial charge is 0.0995 e. The summed E-state index contributed by atoms with van der Waals surface area (Å²) in [6, 6.07) is 19.0. The van der Waals surface area contributed by atoms with Gasteiger partial charge in [-0.25, -0.2) is 4.98 Å². The van der Waals surface area contributed by atoms with Gasteiger partial charge in [0.1, 0.15) is 0 Å². The molecule has 4 aromatic rings. The molecule has 4 heteroatoms. The summed E-state index contributed by atoms with van der Waals surface area (Å²) in [4.78, 5) is 4.20. The predicted octanol–water partition coefficient (Wildman–Crippen LogP) is 6.15. The van der Waals surface area contributed by atoms with Gasteiger partial charge in [-0.2, -0.15) is 0 Å². The van der Waals surface area contributed by atoms with Gasteiger partial charge in [-0.15, -0.1) is 0 Å². The van der Waals surface area contributed by atoms with Gasteiger partial charge >= 0.3 is 0 Å². The molecule has 1 aliphatic rings. The van der Waals surface area contributed by atoms with Gasteiger partial charge in [-0.1, -0.05) is 54.1 Å². The molecule has 5 rings (SSSR count). The van der Waals surface area contributed by atoms with E-state index in [0.29, 0.717) is 10.9 Å². The number of halogens is 1. The lowest BCUT2D eigenvalue weighted by Gasteiger charge is -2.32. The number of nitrogens with zero attached hydrogens (tertiary/aromatic N) is 2. The molecule has 1 aliphatic carbocycles. The highest BCUT2D eigenvalue weighted by molar-refractivity contribution is 6.31. The van der Waals surface area contributed by atoms with E-state index in [2.05, 4.69) is 47.4 Å². The zero-order valence-corrected chi connectivity index (χ0v) is 16.4. The molecule has 0 aliphatic heterocycles. The summed E-state index contributed by atoms with van der Waals surface area (Å²) in [6.07, 6.45) is 7.23. The Labute approximate surface area is 169 Å². The normalized spacial score (nSPS) is 21.2. The van der Waals surface area contributed by atoms with Crippen molar-refractivity contribution in [1.29, 1.82) is 0 Å². The Bertz CT molecular complexity index is 1120. The highest BCUT2D eigenvalue weighted by atomic mass is 35.5. The number of hydrogen-bond donors (Lipinski definition) is 1. The molecule has 0 radical (unpaired) electrons. The number of fused-ring (bicyclic) bond motifs is 2. The molecule has 1 atom stereocenters. The maximum Gasteiger partial charge on any atom is 0.0995 e. The zero-order valence-electron chi connectivity index (χ0n) is 15.6. The molecule has 3 nitrogen and oxygen atoms in total. The van der Waals surface area contributed by atoms with Gasteiger partial charge in [0.2, 0.25) is 0 Å². The molecule has 1 saturated carbocycles. The number of aromatic nitrogens is 2. The third-order valence-electron chi connectivity index (χ3n) is 6.30. The van der Waals surface area contributed by atoms with Crippen LogP contribution in [0, 0.1) is 5.92 Å². The third-order valence-corrected chi connectivity index (χ3v) is 6.52. The molecule has 0 saturated heterocycles. The highest BCUT2D eigenvalue weighted by Crippen LogP contribution is 2.43. The second-order valence-electron chi connectivity index (χ2n) is 7.91. The number of hydrogen-bond acceptors (Lipinski definition) is 2. The van der Waals surface area contributed by atoms with Crippen molar-refractivity contribution in [2.75, 3.05) is 0 Å². The first-order chi connectivity index (χ1) is 13.7. The van der Waals surface area contributed by atoms with Gasteiger partial charge in [-0.3, -0.25) is 0 Å². The van der Waals surface area contributed by atoms with Crippen LogP contribution in [0.4, 0.5) is 0 Å². The van der Waals surface area contributed by atoms with E-state index in [1.165, 1.54) is 16.3 Å². The molecule has 1 unspecified atom stereocenters. The number of benzene rings is 2. The van der Waals surface area contributed by atoms with Crippen molar-refractivity contribution in [3.05, 3.63) is 83.4 Å². The van der Waals surface area contributed by atoms with Crippen molar-refractivity contribution in [3.8, 4) is 0 Å². The Morgan fingerprint density at radius 2 is 1.79 bits per heavy atom. The van der Waals surface area contributed by atoms with Crippen molar-refractivity contribution in [3.63, 3.8) is 0 Å². The molecule has 1 fully saturated rings. The molecular weight excluding hydrogens is 368 g/mol. The van der Waals surface area contributed by atoms with Crippen molar-refractivity contribution >= 4 is 27.9 Å². The summed E-state index contributed by atoms with van der Waals surface area (Å²) in [5.74, 6) is 0.803. The molecule has 142 valence electrons. The van der Waals surface area contributed by atoms with Crippen LogP contribution in [-0.2, 0) is 0 Å². The van der Waals surface area contributed by atoms with Crippen LogP contribution in [0.15, 0.2) is 67.1 Å². The fraction of sp³-hybridized carbons (Fsp3) is 0.292. The maximum atomic E-state index is 11.1. The van der Waals surface area contributed by atoms with E-state index in [4.69, 9.17) is 11.6 Å². The summed E-state index contributed by atoms with van der Waals surface area (Å²) in [5, 5.41) is 14.4. The first kappa shape index (κ1) is 17.7. The number of aliphatic hydroxyl groups excluding tert-OH is 1. The van der Waals surface area contributed by atoms with Crippen molar-refractivity contribution in [2.45, 2.75) is 37.7 Å². The van der Waals surface area contributed by atoms with Crippen molar-refractivity contribution in [1.82, 2.24) is 9.38 Å². The van der Waals surface area contributed by atoms with E-state index in [1.807, 2.05) is 16.5 Å². The molecule has 0 amide bonds. The highest BCUT2D eigenvalue weighted by Gasteiger charge is 2.30. The fourth-order valence-corrected chi connectivity index (χ4v) is 5.07. The Morgan fingerprint density at radius 1 is 1.00 bits per heavy atom. The van der Waals surface area contributed by atoms with Gasteiger partial charge in [0.15, 0.2) is 0 Å². The van der Waals surface area contributed by atoms with Crippen LogP contribution in [0.3, 0.4) is 0 Å². The minimum absolute atomic E-state index is 0.246. The van der Waals surface area contributed by atoms with Crippen LogP contribution in [0.2, 0.25) is 5.02 Å². The average molecular weight is 391 g/mol. The summed E-state index contributed by atoms with van der Waals surface area (Å²) in [7, 11) is 0. The second kappa shape index (κ2) is 7.23. The zero-order chi connectivity index (χ0) is 19.1. The quantitative estimate of drug-likeness (QED) is 0.455. The molecule has 0 spiro atoms. The number of imidazole rings is 1. The van der Waals surface area contributed by atoms with Crippen LogP contribution in [-0.4, -0.2) is 14.5 Å². The lowest BCUT2D eigenvalue weighted by atomic mass is 9.75. The van der Waals surface area contributed by atoms with Crippen LogP contribution < -0.4 is 0 Å². The van der Waals surface area contributed by atoms with Gasteiger partial charge in [0.05, 0.1) is 29.8 Å². The Morgan fingerprint density at radius 3 is 2.64 bits per heavy atom. The van der Waals surface area contributed by atoms with E-state index >= 15 is 0 Å². The number of pyridine rings is 1. The van der Waals surface area contributed by atoms with E-state index in [9.17, 15) is 5.11 Å². The fourth-order valence-electron chi connectivity index (χ4n) is 4.84. The molecule has 1 N–H and O–H groups in total.